The van der Waals surface area contributed by atoms with Crippen LogP contribution in [0, 0.1) is 17.3 Å². The molecule has 0 aromatic rings. The fourth-order valence-electron chi connectivity index (χ4n) is 3.28. The maximum Gasteiger partial charge on any atom is 0.324 e. The van der Waals surface area contributed by atoms with Crippen molar-refractivity contribution in [1.29, 1.82) is 0 Å². The van der Waals surface area contributed by atoms with Crippen LogP contribution in [-0.4, -0.2) is 34.6 Å². The topological polar surface area (TPSA) is 40.5 Å². The summed E-state index contributed by atoms with van der Waals surface area (Å²) in [4.78, 5) is 14.0. The summed E-state index contributed by atoms with van der Waals surface area (Å²) < 4.78 is 0. The van der Waals surface area contributed by atoms with E-state index < -0.39 is 11.5 Å². The van der Waals surface area contributed by atoms with Gasteiger partial charge in [0, 0.05) is 13.1 Å². The smallest absolute Gasteiger partial charge is 0.324 e. The molecule has 1 aliphatic carbocycles. The Hall–Kier alpha value is -0.570. The number of likely N-dealkylation sites (tertiary alicyclic amines) is 1. The summed E-state index contributed by atoms with van der Waals surface area (Å²) >= 11 is 0. The average molecular weight is 253 g/mol. The van der Waals surface area contributed by atoms with Crippen LogP contribution in [0.25, 0.3) is 0 Å². The van der Waals surface area contributed by atoms with Crippen molar-refractivity contribution in [3.05, 3.63) is 0 Å². The molecule has 0 aromatic carbocycles. The number of hydrogen-bond donors (Lipinski definition) is 1. The van der Waals surface area contributed by atoms with E-state index in [1.807, 2.05) is 0 Å². The van der Waals surface area contributed by atoms with Crippen LogP contribution in [0.4, 0.5) is 0 Å². The van der Waals surface area contributed by atoms with E-state index in [0.717, 1.165) is 38.8 Å². The highest BCUT2D eigenvalue weighted by Gasteiger charge is 2.52. The molecule has 18 heavy (non-hydrogen) atoms. The number of aliphatic carboxylic acids is 1. The van der Waals surface area contributed by atoms with Crippen molar-refractivity contribution in [3.8, 4) is 0 Å². The zero-order valence-electron chi connectivity index (χ0n) is 12.2. The van der Waals surface area contributed by atoms with Crippen LogP contribution in [0.1, 0.15) is 53.4 Å². The first-order valence-corrected chi connectivity index (χ1v) is 7.24. The second kappa shape index (κ2) is 4.52. The quantitative estimate of drug-likeness (QED) is 0.822. The van der Waals surface area contributed by atoms with E-state index in [2.05, 4.69) is 32.6 Å². The van der Waals surface area contributed by atoms with Gasteiger partial charge in [0.2, 0.25) is 0 Å². The van der Waals surface area contributed by atoms with Gasteiger partial charge in [-0.2, -0.15) is 0 Å². The molecule has 2 fully saturated rings. The third-order valence-corrected chi connectivity index (χ3v) is 5.21. The minimum absolute atomic E-state index is 0.304. The number of hydrogen-bond acceptors (Lipinski definition) is 2. The Morgan fingerprint density at radius 3 is 2.11 bits per heavy atom. The van der Waals surface area contributed by atoms with Crippen molar-refractivity contribution in [1.82, 2.24) is 4.90 Å². The van der Waals surface area contributed by atoms with Gasteiger partial charge in [-0.25, -0.2) is 0 Å². The first kappa shape index (κ1) is 13.9. The molecule has 3 heteroatoms. The summed E-state index contributed by atoms with van der Waals surface area (Å²) in [5.41, 5.74) is -0.244. The van der Waals surface area contributed by atoms with Gasteiger partial charge in [0.15, 0.2) is 0 Å². The number of carbonyl (C=O) groups is 1. The van der Waals surface area contributed by atoms with E-state index in [1.54, 1.807) is 0 Å². The Kier molecular flexibility index (Phi) is 3.48. The summed E-state index contributed by atoms with van der Waals surface area (Å²) in [7, 11) is 0. The zero-order valence-corrected chi connectivity index (χ0v) is 12.2. The predicted molar refractivity (Wildman–Crippen MR) is 72.5 cm³/mol. The van der Waals surface area contributed by atoms with E-state index in [1.165, 1.54) is 0 Å². The molecule has 0 atom stereocenters. The Labute approximate surface area is 111 Å². The summed E-state index contributed by atoms with van der Waals surface area (Å²) in [6.45, 7) is 10.9. The van der Waals surface area contributed by atoms with Gasteiger partial charge in [0.05, 0.1) is 0 Å². The van der Waals surface area contributed by atoms with Crippen molar-refractivity contribution in [3.63, 3.8) is 0 Å². The maximum absolute atomic E-state index is 11.7. The molecule has 104 valence electrons. The third-order valence-electron chi connectivity index (χ3n) is 5.21. The van der Waals surface area contributed by atoms with E-state index >= 15 is 0 Å². The summed E-state index contributed by atoms with van der Waals surface area (Å²) in [6, 6.07) is 0. The first-order chi connectivity index (χ1) is 8.25. The van der Waals surface area contributed by atoms with Gasteiger partial charge >= 0.3 is 5.97 Å². The van der Waals surface area contributed by atoms with Gasteiger partial charge in [-0.05, 0) is 42.9 Å². The fourth-order valence-corrected chi connectivity index (χ4v) is 3.28. The van der Waals surface area contributed by atoms with Crippen LogP contribution in [0.5, 0.6) is 0 Å². The van der Waals surface area contributed by atoms with E-state index in [-0.39, 0.29) is 0 Å². The highest BCUT2D eigenvalue weighted by Crippen LogP contribution is 2.44. The van der Waals surface area contributed by atoms with Crippen LogP contribution in [0.3, 0.4) is 0 Å². The molecule has 1 saturated carbocycles. The molecule has 2 rings (SSSR count). The minimum Gasteiger partial charge on any atom is -0.480 e. The Morgan fingerprint density at radius 2 is 1.72 bits per heavy atom. The monoisotopic (exact) mass is 253 g/mol. The fraction of sp³-hybridized carbons (Fsp3) is 0.933. The normalized spacial score (nSPS) is 35.2. The molecule has 2 aliphatic rings. The summed E-state index contributed by atoms with van der Waals surface area (Å²) in [5, 5.41) is 9.66. The van der Waals surface area contributed by atoms with Gasteiger partial charge in [-0.15, -0.1) is 0 Å². The van der Waals surface area contributed by atoms with E-state index in [9.17, 15) is 9.90 Å². The predicted octanol–water partition coefficient (Wildman–Crippen LogP) is 3.00. The van der Waals surface area contributed by atoms with Crippen LogP contribution < -0.4 is 0 Å². The summed E-state index contributed by atoms with van der Waals surface area (Å²) in [6.07, 6.45) is 3.78. The Morgan fingerprint density at radius 1 is 1.22 bits per heavy atom. The van der Waals surface area contributed by atoms with Gasteiger partial charge < -0.3 is 5.11 Å². The van der Waals surface area contributed by atoms with E-state index in [0.29, 0.717) is 17.3 Å². The van der Waals surface area contributed by atoms with E-state index in [4.69, 9.17) is 0 Å². The lowest BCUT2D eigenvalue weighted by atomic mass is 9.69. The van der Waals surface area contributed by atoms with Gasteiger partial charge in [-0.1, -0.05) is 27.7 Å². The second-order valence-electron chi connectivity index (χ2n) is 7.49. The molecular formula is C15H27NO2. The molecule has 1 saturated heterocycles. The average Bonchev–Trinajstić information content (AvgIpc) is 2.16. The molecule has 0 aromatic heterocycles. The number of nitrogens with zero attached hydrogens (tertiary/aromatic N) is 1. The lowest BCUT2D eigenvalue weighted by Crippen LogP contribution is -2.66. The molecular weight excluding hydrogens is 226 g/mol. The second-order valence-corrected chi connectivity index (χ2v) is 7.49. The molecule has 0 bridgehead atoms. The number of carboxylic acid groups (broad SMARTS) is 1. The first-order valence-electron chi connectivity index (χ1n) is 7.24. The van der Waals surface area contributed by atoms with Crippen molar-refractivity contribution in [2.45, 2.75) is 58.9 Å². The molecule has 1 N–H and O–H groups in total. The molecule has 0 radical (unpaired) electrons. The molecule has 0 amide bonds. The molecule has 1 aliphatic heterocycles. The SMILES string of the molecule is CC1CCC(C(=O)O)(N2CC(C(C)(C)C)C2)CC1. The summed E-state index contributed by atoms with van der Waals surface area (Å²) in [5.74, 6) is 0.743. The van der Waals surface area contributed by atoms with Crippen molar-refractivity contribution in [2.75, 3.05) is 13.1 Å². The standard InChI is InChI=1S/C15H27NO2/c1-11-5-7-15(8-6-11,13(17)18)16-9-12(10-16)14(2,3)4/h11-12H,5-10H2,1-4H3,(H,17,18). The van der Waals surface area contributed by atoms with Gasteiger partial charge in [0.25, 0.3) is 0 Å². The zero-order chi connectivity index (χ0) is 13.6. The van der Waals surface area contributed by atoms with Crippen molar-refractivity contribution < 1.29 is 9.90 Å². The highest BCUT2D eigenvalue weighted by atomic mass is 16.4. The third kappa shape index (κ3) is 2.29. The van der Waals surface area contributed by atoms with Crippen LogP contribution in [-0.2, 0) is 4.79 Å². The number of carboxylic acids is 1. The van der Waals surface area contributed by atoms with Crippen LogP contribution in [0.15, 0.2) is 0 Å². The Balaban J connectivity index is 2.03. The van der Waals surface area contributed by atoms with Crippen LogP contribution >= 0.6 is 0 Å². The Bertz CT molecular complexity index is 318. The highest BCUT2D eigenvalue weighted by molar-refractivity contribution is 5.79. The molecule has 3 nitrogen and oxygen atoms in total. The van der Waals surface area contributed by atoms with Crippen molar-refractivity contribution in [2.24, 2.45) is 17.3 Å². The van der Waals surface area contributed by atoms with Gasteiger partial charge in [0.1, 0.15) is 5.54 Å². The largest absolute Gasteiger partial charge is 0.480 e. The number of rotatable bonds is 2. The molecule has 0 spiro atoms. The molecule has 0 unspecified atom stereocenters. The van der Waals surface area contributed by atoms with Crippen LogP contribution in [0.2, 0.25) is 0 Å². The lowest BCUT2D eigenvalue weighted by Gasteiger charge is -2.55. The molecule has 1 heterocycles. The lowest BCUT2D eigenvalue weighted by molar-refractivity contribution is -0.165. The maximum atomic E-state index is 11.7. The van der Waals surface area contributed by atoms with Gasteiger partial charge in [-0.3, -0.25) is 9.69 Å². The minimum atomic E-state index is -0.596. The van der Waals surface area contributed by atoms with Crippen molar-refractivity contribution >= 4 is 5.97 Å².